The highest BCUT2D eigenvalue weighted by Crippen LogP contribution is 2.48. The second kappa shape index (κ2) is 4.40. The van der Waals surface area contributed by atoms with Gasteiger partial charge in [-0.3, -0.25) is 0 Å². The van der Waals surface area contributed by atoms with E-state index in [9.17, 15) is 0 Å². The molecule has 1 heterocycles. The molecule has 0 radical (unpaired) electrons. The summed E-state index contributed by atoms with van der Waals surface area (Å²) in [6.45, 7) is 9.18. The molecule has 1 fully saturated rings. The van der Waals surface area contributed by atoms with Crippen molar-refractivity contribution in [3.63, 3.8) is 0 Å². The van der Waals surface area contributed by atoms with Crippen LogP contribution in [0.5, 0.6) is 0 Å². The summed E-state index contributed by atoms with van der Waals surface area (Å²) in [5.41, 5.74) is 8.41. The zero-order valence-electron chi connectivity index (χ0n) is 11.5. The van der Waals surface area contributed by atoms with Gasteiger partial charge in [0.25, 0.3) is 0 Å². The standard InChI is InChI=1S/C15H25NS/c1-11-9-12(10-17-11)15(16)8-6-5-7-13(15)14(2,3)4/h9-10,13H,5-8,16H2,1-4H3. The van der Waals surface area contributed by atoms with Gasteiger partial charge in [0.1, 0.15) is 0 Å². The van der Waals surface area contributed by atoms with Crippen LogP contribution in [0.1, 0.15) is 56.9 Å². The van der Waals surface area contributed by atoms with Crippen molar-refractivity contribution in [3.05, 3.63) is 21.9 Å². The van der Waals surface area contributed by atoms with Gasteiger partial charge in [-0.2, -0.15) is 0 Å². The molecule has 1 aliphatic rings. The van der Waals surface area contributed by atoms with Gasteiger partial charge in [-0.25, -0.2) is 0 Å². The summed E-state index contributed by atoms with van der Waals surface area (Å²) in [4.78, 5) is 1.38. The number of thiophene rings is 1. The smallest absolute Gasteiger partial charge is 0.0451 e. The first-order valence-corrected chi connectivity index (χ1v) is 7.56. The molecule has 1 aromatic heterocycles. The van der Waals surface area contributed by atoms with Crippen LogP contribution in [0.3, 0.4) is 0 Å². The Bertz CT molecular complexity index is 388. The lowest BCUT2D eigenvalue weighted by Gasteiger charge is -2.48. The highest BCUT2D eigenvalue weighted by Gasteiger charge is 2.44. The summed E-state index contributed by atoms with van der Waals surface area (Å²) in [5.74, 6) is 0.595. The van der Waals surface area contributed by atoms with E-state index in [4.69, 9.17) is 5.73 Å². The van der Waals surface area contributed by atoms with Gasteiger partial charge in [0.2, 0.25) is 0 Å². The molecule has 0 bridgehead atoms. The molecule has 2 atom stereocenters. The van der Waals surface area contributed by atoms with Crippen molar-refractivity contribution in [1.82, 2.24) is 0 Å². The Morgan fingerprint density at radius 3 is 2.59 bits per heavy atom. The predicted octanol–water partition coefficient (Wildman–Crippen LogP) is 4.45. The number of hydrogen-bond donors (Lipinski definition) is 1. The van der Waals surface area contributed by atoms with Gasteiger partial charge in [0, 0.05) is 10.4 Å². The van der Waals surface area contributed by atoms with Crippen molar-refractivity contribution < 1.29 is 0 Å². The van der Waals surface area contributed by atoms with Crippen LogP contribution < -0.4 is 5.73 Å². The predicted molar refractivity (Wildman–Crippen MR) is 76.3 cm³/mol. The van der Waals surface area contributed by atoms with Crippen molar-refractivity contribution in [2.45, 2.75) is 58.9 Å². The van der Waals surface area contributed by atoms with Crippen LogP contribution in [0.25, 0.3) is 0 Å². The van der Waals surface area contributed by atoms with E-state index in [1.807, 2.05) is 11.3 Å². The molecule has 2 rings (SSSR count). The van der Waals surface area contributed by atoms with E-state index in [1.54, 1.807) is 0 Å². The monoisotopic (exact) mass is 251 g/mol. The average Bonchev–Trinajstić information content (AvgIpc) is 2.64. The van der Waals surface area contributed by atoms with Gasteiger partial charge in [-0.05, 0) is 48.1 Å². The minimum atomic E-state index is -0.0960. The molecule has 0 amide bonds. The summed E-state index contributed by atoms with van der Waals surface area (Å²) in [7, 11) is 0. The molecule has 1 nitrogen and oxygen atoms in total. The zero-order valence-corrected chi connectivity index (χ0v) is 12.4. The summed E-state index contributed by atoms with van der Waals surface area (Å²) in [6.07, 6.45) is 5.03. The van der Waals surface area contributed by atoms with E-state index in [2.05, 4.69) is 39.1 Å². The largest absolute Gasteiger partial charge is 0.321 e. The molecule has 1 aliphatic carbocycles. The van der Waals surface area contributed by atoms with Gasteiger partial charge in [-0.15, -0.1) is 11.3 Å². The van der Waals surface area contributed by atoms with E-state index in [0.717, 1.165) is 6.42 Å². The van der Waals surface area contributed by atoms with Crippen LogP contribution in [0.2, 0.25) is 0 Å². The van der Waals surface area contributed by atoms with Crippen LogP contribution in [0, 0.1) is 18.3 Å². The maximum atomic E-state index is 6.83. The Morgan fingerprint density at radius 1 is 1.35 bits per heavy atom. The summed E-state index contributed by atoms with van der Waals surface area (Å²) in [5, 5.41) is 2.28. The van der Waals surface area contributed by atoms with Crippen LogP contribution in [-0.4, -0.2) is 0 Å². The van der Waals surface area contributed by atoms with Crippen molar-refractivity contribution in [2.24, 2.45) is 17.1 Å². The van der Waals surface area contributed by atoms with Crippen LogP contribution >= 0.6 is 11.3 Å². The fourth-order valence-corrected chi connectivity index (χ4v) is 4.23. The SMILES string of the molecule is Cc1cc(C2(N)CCCCC2C(C)(C)C)cs1. The minimum Gasteiger partial charge on any atom is -0.321 e. The molecular formula is C15H25NS. The quantitative estimate of drug-likeness (QED) is 0.784. The summed E-state index contributed by atoms with van der Waals surface area (Å²) < 4.78 is 0. The maximum absolute atomic E-state index is 6.83. The highest BCUT2D eigenvalue weighted by molar-refractivity contribution is 7.10. The highest BCUT2D eigenvalue weighted by atomic mass is 32.1. The molecule has 2 unspecified atom stereocenters. The van der Waals surface area contributed by atoms with Crippen molar-refractivity contribution in [2.75, 3.05) is 0 Å². The van der Waals surface area contributed by atoms with Crippen LogP contribution in [0.15, 0.2) is 11.4 Å². The number of rotatable bonds is 1. The van der Waals surface area contributed by atoms with E-state index in [0.29, 0.717) is 11.3 Å². The topological polar surface area (TPSA) is 26.0 Å². The molecule has 0 saturated heterocycles. The van der Waals surface area contributed by atoms with Crippen LogP contribution in [-0.2, 0) is 5.54 Å². The Kier molecular flexibility index (Phi) is 3.39. The first-order chi connectivity index (χ1) is 7.84. The fourth-order valence-electron chi connectivity index (χ4n) is 3.44. The third-order valence-corrected chi connectivity index (χ3v) is 5.13. The van der Waals surface area contributed by atoms with E-state index >= 15 is 0 Å². The Hall–Kier alpha value is -0.340. The maximum Gasteiger partial charge on any atom is 0.0451 e. The molecule has 2 N–H and O–H groups in total. The molecule has 1 aromatic rings. The minimum absolute atomic E-state index is 0.0960. The lowest BCUT2D eigenvalue weighted by Crippen LogP contribution is -2.51. The number of aryl methyl sites for hydroxylation is 1. The molecule has 1 saturated carbocycles. The van der Waals surface area contributed by atoms with Gasteiger partial charge >= 0.3 is 0 Å². The van der Waals surface area contributed by atoms with Gasteiger partial charge in [0.15, 0.2) is 0 Å². The summed E-state index contributed by atoms with van der Waals surface area (Å²) >= 11 is 1.83. The third kappa shape index (κ3) is 2.43. The van der Waals surface area contributed by atoms with Crippen molar-refractivity contribution >= 4 is 11.3 Å². The second-order valence-electron chi connectivity index (χ2n) is 6.65. The first kappa shape index (κ1) is 13.1. The second-order valence-corrected chi connectivity index (χ2v) is 7.77. The normalized spacial score (nSPS) is 30.5. The Morgan fingerprint density at radius 2 is 2.06 bits per heavy atom. The zero-order chi connectivity index (χ0) is 12.7. The third-order valence-electron chi connectivity index (χ3n) is 4.27. The van der Waals surface area contributed by atoms with Crippen molar-refractivity contribution in [3.8, 4) is 0 Å². The van der Waals surface area contributed by atoms with E-state index in [-0.39, 0.29) is 5.54 Å². The van der Waals surface area contributed by atoms with Crippen LogP contribution in [0.4, 0.5) is 0 Å². The average molecular weight is 251 g/mol. The molecule has 17 heavy (non-hydrogen) atoms. The number of nitrogens with two attached hydrogens (primary N) is 1. The molecule has 0 aliphatic heterocycles. The molecule has 2 heteroatoms. The molecule has 0 aromatic carbocycles. The van der Waals surface area contributed by atoms with Gasteiger partial charge in [-0.1, -0.05) is 33.6 Å². The molecule has 96 valence electrons. The van der Waals surface area contributed by atoms with Gasteiger partial charge in [0.05, 0.1) is 0 Å². The van der Waals surface area contributed by atoms with E-state index < -0.39 is 0 Å². The lowest BCUT2D eigenvalue weighted by atomic mass is 9.60. The Labute approximate surface area is 109 Å². The molecular weight excluding hydrogens is 226 g/mol. The number of hydrogen-bond acceptors (Lipinski definition) is 2. The van der Waals surface area contributed by atoms with Gasteiger partial charge < -0.3 is 5.73 Å². The van der Waals surface area contributed by atoms with Crippen molar-refractivity contribution in [1.29, 1.82) is 0 Å². The fraction of sp³-hybridized carbons (Fsp3) is 0.733. The summed E-state index contributed by atoms with van der Waals surface area (Å²) in [6, 6.07) is 2.30. The molecule has 0 spiro atoms. The lowest BCUT2D eigenvalue weighted by molar-refractivity contribution is 0.0781. The Balaban J connectivity index is 2.38. The van der Waals surface area contributed by atoms with E-state index in [1.165, 1.54) is 29.7 Å². The first-order valence-electron chi connectivity index (χ1n) is 6.68.